The first-order chi connectivity index (χ1) is 19.4. The maximum atomic E-state index is 14.0. The summed E-state index contributed by atoms with van der Waals surface area (Å²) in [5.41, 5.74) is 6.15. The summed E-state index contributed by atoms with van der Waals surface area (Å²) < 4.78 is 11.7. The maximum Gasteiger partial charge on any atom is 0.336 e. The molecule has 2 aliphatic heterocycles. The molecular formula is C33H37N3O4. The third-order valence-corrected chi connectivity index (χ3v) is 8.71. The molecule has 3 heterocycles. The molecule has 1 saturated heterocycles. The third-order valence-electron chi connectivity index (χ3n) is 8.71. The van der Waals surface area contributed by atoms with Crippen LogP contribution >= 0.6 is 0 Å². The minimum atomic E-state index is -0.378. The minimum Gasteiger partial charge on any atom is -0.496 e. The normalized spacial score (nSPS) is 23.7. The van der Waals surface area contributed by atoms with E-state index in [1.54, 1.807) is 7.11 Å². The number of carbonyl (C=O) groups is 2. The zero-order chi connectivity index (χ0) is 27.8. The predicted molar refractivity (Wildman–Crippen MR) is 155 cm³/mol. The second-order valence-electron chi connectivity index (χ2n) is 11.4. The number of esters is 1. The summed E-state index contributed by atoms with van der Waals surface area (Å²) in [4.78, 5) is 33.4. The van der Waals surface area contributed by atoms with Crippen molar-refractivity contribution in [2.24, 2.45) is 5.92 Å². The zero-order valence-corrected chi connectivity index (χ0v) is 23.5. The lowest BCUT2D eigenvalue weighted by molar-refractivity contribution is -0.147. The fraction of sp³-hybridized carbons (Fsp3) is 0.394. The Morgan fingerprint density at radius 2 is 1.95 bits per heavy atom. The van der Waals surface area contributed by atoms with Crippen LogP contribution in [-0.2, 0) is 20.7 Å². The number of para-hydroxylation sites is 1. The van der Waals surface area contributed by atoms with E-state index in [1.807, 2.05) is 49.5 Å². The predicted octanol–water partition coefficient (Wildman–Crippen LogP) is 5.25. The summed E-state index contributed by atoms with van der Waals surface area (Å²) in [5.74, 6) is 0.179. The summed E-state index contributed by atoms with van der Waals surface area (Å²) in [6, 6.07) is 16.2. The van der Waals surface area contributed by atoms with Crippen molar-refractivity contribution in [3.05, 3.63) is 88.4 Å². The van der Waals surface area contributed by atoms with Crippen molar-refractivity contribution >= 4 is 22.7 Å². The van der Waals surface area contributed by atoms with Gasteiger partial charge in [-0.3, -0.25) is 4.79 Å². The van der Waals surface area contributed by atoms with Crippen LogP contribution in [0.2, 0.25) is 0 Å². The minimum absolute atomic E-state index is 0.00253. The van der Waals surface area contributed by atoms with Crippen molar-refractivity contribution in [2.75, 3.05) is 27.2 Å². The number of ether oxygens (including phenoxy) is 2. The van der Waals surface area contributed by atoms with E-state index in [2.05, 4.69) is 34.4 Å². The van der Waals surface area contributed by atoms with Gasteiger partial charge in [0.1, 0.15) is 11.9 Å². The van der Waals surface area contributed by atoms with Gasteiger partial charge in [0.2, 0.25) is 0 Å². The number of dihydropyridines is 1. The van der Waals surface area contributed by atoms with Crippen LogP contribution in [0, 0.1) is 5.92 Å². The Labute approximate surface area is 235 Å². The Kier molecular flexibility index (Phi) is 7.24. The number of H-pyrrole nitrogens is 1. The number of carbonyl (C=O) groups excluding carboxylic acids is 2. The van der Waals surface area contributed by atoms with Gasteiger partial charge in [0.05, 0.1) is 12.7 Å². The summed E-state index contributed by atoms with van der Waals surface area (Å²) >= 11 is 0. The highest BCUT2D eigenvalue weighted by Crippen LogP contribution is 2.44. The topological polar surface area (TPSA) is 83.7 Å². The number of Topliss-reactive ketones (excluding diaryl/α,β-unsaturated/α-hetero) is 1. The lowest BCUT2D eigenvalue weighted by Gasteiger charge is -2.37. The monoisotopic (exact) mass is 539 g/mol. The molecule has 2 N–H and O–H groups in total. The number of piperidine rings is 1. The van der Waals surface area contributed by atoms with Crippen molar-refractivity contribution in [1.82, 2.24) is 15.2 Å². The molecule has 1 fully saturated rings. The molecule has 0 radical (unpaired) electrons. The van der Waals surface area contributed by atoms with E-state index < -0.39 is 0 Å². The molecule has 6 rings (SSSR count). The highest BCUT2D eigenvalue weighted by atomic mass is 16.5. The molecule has 3 aromatic rings. The van der Waals surface area contributed by atoms with Crippen molar-refractivity contribution in [2.45, 2.75) is 51.0 Å². The molecule has 1 aliphatic carbocycles. The lowest BCUT2D eigenvalue weighted by atomic mass is 9.72. The molecular weight excluding hydrogens is 502 g/mol. The van der Waals surface area contributed by atoms with Crippen LogP contribution in [0.3, 0.4) is 0 Å². The summed E-state index contributed by atoms with van der Waals surface area (Å²) in [5, 5.41) is 4.60. The number of aromatic amines is 1. The number of fused-ring (bicyclic) bond motifs is 1. The standard InChI is InChI=1S/C33H37N3O4/c1-20-31(33(38)40-23-9-7-15-36(2)19-23)26(16-21-8-6-11-27-24(21)13-14-34-27)32-28(35-20)17-22(18-29(32)37)25-10-4-5-12-30(25)39-3/h4-6,8,10-14,22-23,26,34-35H,7,9,15-19H2,1-3H3/t22?,23?,26-/m1/s1. The summed E-state index contributed by atoms with van der Waals surface area (Å²) in [6.45, 7) is 3.68. The number of rotatable bonds is 6. The zero-order valence-electron chi connectivity index (χ0n) is 23.5. The van der Waals surface area contributed by atoms with Gasteiger partial charge in [-0.25, -0.2) is 4.79 Å². The van der Waals surface area contributed by atoms with Crippen molar-refractivity contribution in [3.8, 4) is 5.75 Å². The van der Waals surface area contributed by atoms with Gasteiger partial charge in [0, 0.05) is 58.9 Å². The number of likely N-dealkylation sites (tertiary alicyclic amines) is 1. The van der Waals surface area contributed by atoms with E-state index in [0.717, 1.165) is 70.7 Å². The molecule has 40 heavy (non-hydrogen) atoms. The average Bonchev–Trinajstić information content (AvgIpc) is 3.42. The Morgan fingerprint density at radius 3 is 2.77 bits per heavy atom. The van der Waals surface area contributed by atoms with Gasteiger partial charge >= 0.3 is 5.97 Å². The molecule has 0 bridgehead atoms. The number of nitrogens with zero attached hydrogens (tertiary/aromatic N) is 1. The van der Waals surface area contributed by atoms with Gasteiger partial charge in [-0.05, 0) is 75.5 Å². The van der Waals surface area contributed by atoms with Gasteiger partial charge in [0.25, 0.3) is 0 Å². The van der Waals surface area contributed by atoms with E-state index in [0.29, 0.717) is 24.8 Å². The number of nitrogens with one attached hydrogen (secondary N) is 2. The SMILES string of the molecule is COc1ccccc1C1CC(=O)C2=C(C1)NC(C)=C(C(=O)OC1CCCN(C)C1)[C@H]2Cc1cccc2[nH]ccc12. The van der Waals surface area contributed by atoms with Crippen molar-refractivity contribution < 1.29 is 19.1 Å². The largest absolute Gasteiger partial charge is 0.496 e. The number of allylic oxidation sites excluding steroid dienone is 3. The lowest BCUT2D eigenvalue weighted by Crippen LogP contribution is -2.41. The Bertz CT molecular complexity index is 1520. The van der Waals surface area contributed by atoms with Gasteiger partial charge in [-0.2, -0.15) is 0 Å². The molecule has 2 aromatic carbocycles. The first-order valence-corrected chi connectivity index (χ1v) is 14.2. The molecule has 3 atom stereocenters. The van der Waals surface area contributed by atoms with E-state index >= 15 is 0 Å². The highest BCUT2D eigenvalue weighted by molar-refractivity contribution is 6.03. The van der Waals surface area contributed by atoms with Crippen LogP contribution in [0.4, 0.5) is 0 Å². The van der Waals surface area contributed by atoms with Crippen LogP contribution in [0.5, 0.6) is 5.75 Å². The molecule has 0 saturated carbocycles. The highest BCUT2D eigenvalue weighted by Gasteiger charge is 2.41. The summed E-state index contributed by atoms with van der Waals surface area (Å²) in [7, 11) is 3.72. The second-order valence-corrected chi connectivity index (χ2v) is 11.4. The Hall–Kier alpha value is -3.84. The molecule has 7 nitrogen and oxygen atoms in total. The number of methoxy groups -OCH3 is 1. The van der Waals surface area contributed by atoms with E-state index in [4.69, 9.17) is 9.47 Å². The van der Waals surface area contributed by atoms with Crippen molar-refractivity contribution in [1.29, 1.82) is 0 Å². The van der Waals surface area contributed by atoms with Gasteiger partial charge in [-0.15, -0.1) is 0 Å². The number of benzene rings is 2. The molecule has 3 aliphatic rings. The first kappa shape index (κ1) is 26.4. The Morgan fingerprint density at radius 1 is 1.10 bits per heavy atom. The quantitative estimate of drug-likeness (QED) is 0.417. The smallest absolute Gasteiger partial charge is 0.336 e. The van der Waals surface area contributed by atoms with Gasteiger partial charge in [0.15, 0.2) is 5.78 Å². The van der Waals surface area contributed by atoms with Crippen molar-refractivity contribution in [3.63, 3.8) is 0 Å². The van der Waals surface area contributed by atoms with Crippen LogP contribution in [0.1, 0.15) is 49.7 Å². The van der Waals surface area contributed by atoms with E-state index in [1.165, 1.54) is 0 Å². The molecule has 2 unspecified atom stereocenters. The van der Waals surface area contributed by atoms with Crippen LogP contribution < -0.4 is 10.1 Å². The second kappa shape index (κ2) is 11.0. The summed E-state index contributed by atoms with van der Waals surface area (Å²) in [6.07, 6.45) is 5.25. The first-order valence-electron chi connectivity index (χ1n) is 14.2. The van der Waals surface area contributed by atoms with Gasteiger partial charge in [-0.1, -0.05) is 30.3 Å². The van der Waals surface area contributed by atoms with Crippen LogP contribution in [0.15, 0.2) is 77.3 Å². The van der Waals surface area contributed by atoms with E-state index in [-0.39, 0.29) is 29.7 Å². The Balaban J connectivity index is 1.38. The number of hydrogen-bond donors (Lipinski definition) is 2. The maximum absolute atomic E-state index is 14.0. The molecule has 0 amide bonds. The third kappa shape index (κ3) is 4.94. The number of likely N-dealkylation sites (N-methyl/N-ethyl adjacent to an activating group) is 1. The molecule has 1 aromatic heterocycles. The van der Waals surface area contributed by atoms with Crippen LogP contribution in [-0.4, -0.2) is 55.0 Å². The number of hydrogen-bond acceptors (Lipinski definition) is 6. The number of aromatic nitrogens is 1. The molecule has 208 valence electrons. The fourth-order valence-electron chi connectivity index (χ4n) is 6.85. The number of ketones is 1. The van der Waals surface area contributed by atoms with E-state index in [9.17, 15) is 9.59 Å². The van der Waals surface area contributed by atoms with Gasteiger partial charge < -0.3 is 24.7 Å². The fourth-order valence-corrected chi connectivity index (χ4v) is 6.85. The molecule has 7 heteroatoms. The van der Waals surface area contributed by atoms with Crippen LogP contribution in [0.25, 0.3) is 10.9 Å². The average molecular weight is 540 g/mol. The molecule has 0 spiro atoms.